The molecule has 0 aliphatic rings. The predicted octanol–water partition coefficient (Wildman–Crippen LogP) is 2.99. The number of carbonyl (C=O) groups is 2. The Labute approximate surface area is 161 Å². The van der Waals surface area contributed by atoms with Crippen LogP contribution in [0, 0.1) is 0 Å². The number of nitrogens with one attached hydrogen (secondary N) is 2. The number of nitrogens with two attached hydrogens (primary N) is 1. The van der Waals surface area contributed by atoms with Crippen LogP contribution in [0.1, 0.15) is 56.9 Å². The summed E-state index contributed by atoms with van der Waals surface area (Å²) in [6.45, 7) is 2.12. The number of benzene rings is 1. The van der Waals surface area contributed by atoms with Gasteiger partial charge < -0.3 is 26.2 Å². The molecule has 1 aromatic carbocycles. The Morgan fingerprint density at radius 3 is 2.52 bits per heavy atom. The molecule has 0 radical (unpaired) electrons. The maximum Gasteiger partial charge on any atom is 0.405 e. The highest BCUT2D eigenvalue weighted by Crippen LogP contribution is 2.04. The van der Waals surface area contributed by atoms with Crippen molar-refractivity contribution in [3.8, 4) is 0 Å². The molecule has 1 aromatic rings. The Balaban J connectivity index is 1.84. The Morgan fingerprint density at radius 2 is 1.78 bits per heavy atom. The molecule has 0 bridgehead atoms. The first-order valence-corrected chi connectivity index (χ1v) is 9.71. The normalized spacial score (nSPS) is 11.7. The van der Waals surface area contributed by atoms with Gasteiger partial charge in [-0.05, 0) is 37.7 Å². The van der Waals surface area contributed by atoms with Crippen molar-refractivity contribution in [2.24, 2.45) is 5.73 Å². The molecule has 1 atom stereocenters. The highest BCUT2D eigenvalue weighted by molar-refractivity contribution is 5.75. The molecule has 0 aliphatic carbocycles. The van der Waals surface area contributed by atoms with Crippen LogP contribution in [0.4, 0.5) is 4.79 Å². The molecule has 0 aromatic heterocycles. The third kappa shape index (κ3) is 13.7. The lowest BCUT2D eigenvalue weighted by molar-refractivity contribution is -0.121. The zero-order valence-corrected chi connectivity index (χ0v) is 16.0. The lowest BCUT2D eigenvalue weighted by Crippen LogP contribution is -2.40. The molecule has 1 rings (SSSR count). The van der Waals surface area contributed by atoms with Gasteiger partial charge in [0, 0.05) is 19.6 Å². The summed E-state index contributed by atoms with van der Waals surface area (Å²) in [7, 11) is 0. The van der Waals surface area contributed by atoms with E-state index in [1.165, 1.54) is 5.56 Å². The minimum Gasteiger partial charge on any atom is -0.465 e. The number of unbranched alkanes of at least 4 members (excludes halogenated alkanes) is 4. The fraction of sp³-hybridized carbons (Fsp3) is 0.600. The molecular formula is C20H33N3O4. The first kappa shape index (κ1) is 22.9. The molecule has 0 spiro atoms. The van der Waals surface area contributed by atoms with E-state index in [0.717, 1.165) is 38.7 Å². The third-order valence-electron chi connectivity index (χ3n) is 4.13. The smallest absolute Gasteiger partial charge is 0.405 e. The van der Waals surface area contributed by atoms with Crippen molar-refractivity contribution in [3.05, 3.63) is 35.9 Å². The zero-order chi connectivity index (χ0) is 19.7. The molecule has 7 nitrogen and oxygen atoms in total. The molecule has 0 saturated carbocycles. The SMILES string of the molecule is NC(CCCCC(=O)NCCCCCCOCc1ccccc1)NC(=O)O. The Bertz CT molecular complexity index is 525. The zero-order valence-electron chi connectivity index (χ0n) is 16.0. The number of rotatable bonds is 15. The van der Waals surface area contributed by atoms with Crippen LogP contribution in [-0.2, 0) is 16.1 Å². The molecule has 5 N–H and O–H groups in total. The van der Waals surface area contributed by atoms with Gasteiger partial charge in [-0.25, -0.2) is 4.79 Å². The van der Waals surface area contributed by atoms with Crippen molar-refractivity contribution in [2.75, 3.05) is 13.2 Å². The Hall–Kier alpha value is -2.12. The van der Waals surface area contributed by atoms with E-state index in [0.29, 0.717) is 32.4 Å². The van der Waals surface area contributed by atoms with Gasteiger partial charge in [0.25, 0.3) is 0 Å². The van der Waals surface area contributed by atoms with Crippen LogP contribution in [0.3, 0.4) is 0 Å². The molecule has 152 valence electrons. The van der Waals surface area contributed by atoms with E-state index < -0.39 is 12.3 Å². The molecule has 1 unspecified atom stereocenters. The van der Waals surface area contributed by atoms with Crippen molar-refractivity contribution in [1.82, 2.24) is 10.6 Å². The summed E-state index contributed by atoms with van der Waals surface area (Å²) < 4.78 is 5.64. The molecule has 0 aliphatic heterocycles. The minimum atomic E-state index is -1.12. The molecule has 2 amide bonds. The van der Waals surface area contributed by atoms with E-state index in [-0.39, 0.29) is 5.91 Å². The summed E-state index contributed by atoms with van der Waals surface area (Å²) in [5.41, 5.74) is 6.77. The highest BCUT2D eigenvalue weighted by atomic mass is 16.5. The molecule has 27 heavy (non-hydrogen) atoms. The predicted molar refractivity (Wildman–Crippen MR) is 105 cm³/mol. The molecular weight excluding hydrogens is 346 g/mol. The standard InChI is InChI=1S/C20H33N3O4/c21-18(23-20(25)26)12-6-7-13-19(24)22-14-8-1-2-9-15-27-16-17-10-4-3-5-11-17/h3-5,10-11,18,23H,1-2,6-9,12-16,21H2,(H,22,24)(H,25,26). The van der Waals surface area contributed by atoms with Crippen molar-refractivity contribution < 1.29 is 19.4 Å². The maximum atomic E-state index is 11.7. The second kappa shape index (κ2) is 15.0. The number of ether oxygens (including phenoxy) is 1. The molecule has 0 heterocycles. The van der Waals surface area contributed by atoms with Crippen LogP contribution in [0.25, 0.3) is 0 Å². The number of hydrogen-bond donors (Lipinski definition) is 4. The average molecular weight is 380 g/mol. The van der Waals surface area contributed by atoms with Gasteiger partial charge >= 0.3 is 6.09 Å². The lowest BCUT2D eigenvalue weighted by Gasteiger charge is -2.10. The van der Waals surface area contributed by atoms with Crippen molar-refractivity contribution in [2.45, 2.75) is 64.1 Å². The van der Waals surface area contributed by atoms with Gasteiger partial charge in [0.2, 0.25) is 5.91 Å². The maximum absolute atomic E-state index is 11.7. The number of amides is 2. The highest BCUT2D eigenvalue weighted by Gasteiger charge is 2.06. The van der Waals surface area contributed by atoms with E-state index in [1.807, 2.05) is 18.2 Å². The van der Waals surface area contributed by atoms with Gasteiger partial charge in [0.1, 0.15) is 0 Å². The first-order valence-electron chi connectivity index (χ1n) is 9.71. The van der Waals surface area contributed by atoms with Crippen LogP contribution >= 0.6 is 0 Å². The van der Waals surface area contributed by atoms with Gasteiger partial charge in [-0.2, -0.15) is 0 Å². The van der Waals surface area contributed by atoms with Crippen LogP contribution in [0.15, 0.2) is 30.3 Å². The van der Waals surface area contributed by atoms with E-state index in [1.54, 1.807) is 0 Å². The van der Waals surface area contributed by atoms with Gasteiger partial charge in [-0.1, -0.05) is 43.2 Å². The number of hydrogen-bond acceptors (Lipinski definition) is 4. The Morgan fingerprint density at radius 1 is 1.04 bits per heavy atom. The molecule has 0 fully saturated rings. The summed E-state index contributed by atoms with van der Waals surface area (Å²) in [6, 6.07) is 10.1. The van der Waals surface area contributed by atoms with Crippen LogP contribution in [0.2, 0.25) is 0 Å². The molecule has 0 saturated heterocycles. The van der Waals surface area contributed by atoms with Crippen LogP contribution < -0.4 is 16.4 Å². The quantitative estimate of drug-likeness (QED) is 0.276. The van der Waals surface area contributed by atoms with Crippen LogP contribution in [-0.4, -0.2) is 36.4 Å². The van der Waals surface area contributed by atoms with Gasteiger partial charge in [0.05, 0.1) is 12.8 Å². The number of carboxylic acid groups (broad SMARTS) is 1. The first-order chi connectivity index (χ1) is 13.1. The van der Waals surface area contributed by atoms with E-state index in [2.05, 4.69) is 22.8 Å². The van der Waals surface area contributed by atoms with Crippen LogP contribution in [0.5, 0.6) is 0 Å². The topological polar surface area (TPSA) is 114 Å². The van der Waals surface area contributed by atoms with E-state index >= 15 is 0 Å². The third-order valence-corrected chi connectivity index (χ3v) is 4.13. The summed E-state index contributed by atoms with van der Waals surface area (Å²) in [5.74, 6) is 0.0426. The van der Waals surface area contributed by atoms with Gasteiger partial charge in [0.15, 0.2) is 0 Å². The minimum absolute atomic E-state index is 0.0426. The summed E-state index contributed by atoms with van der Waals surface area (Å²) >= 11 is 0. The fourth-order valence-corrected chi connectivity index (χ4v) is 2.64. The van der Waals surface area contributed by atoms with Crippen molar-refractivity contribution in [3.63, 3.8) is 0 Å². The van der Waals surface area contributed by atoms with E-state index in [4.69, 9.17) is 15.6 Å². The largest absolute Gasteiger partial charge is 0.465 e. The summed E-state index contributed by atoms with van der Waals surface area (Å²) in [4.78, 5) is 22.1. The van der Waals surface area contributed by atoms with Crippen molar-refractivity contribution >= 4 is 12.0 Å². The van der Waals surface area contributed by atoms with E-state index in [9.17, 15) is 9.59 Å². The molecule has 7 heteroatoms. The summed E-state index contributed by atoms with van der Waals surface area (Å²) in [6.07, 6.45) is 4.90. The second-order valence-corrected chi connectivity index (χ2v) is 6.60. The lowest BCUT2D eigenvalue weighted by atomic mass is 10.1. The van der Waals surface area contributed by atoms with Crippen molar-refractivity contribution in [1.29, 1.82) is 0 Å². The number of carbonyl (C=O) groups excluding carboxylic acids is 1. The monoisotopic (exact) mass is 379 g/mol. The summed E-state index contributed by atoms with van der Waals surface area (Å²) in [5, 5.41) is 13.6. The van der Waals surface area contributed by atoms with Gasteiger partial charge in [-0.3, -0.25) is 4.79 Å². The van der Waals surface area contributed by atoms with Gasteiger partial charge in [-0.15, -0.1) is 0 Å². The average Bonchev–Trinajstić information content (AvgIpc) is 2.64. The second-order valence-electron chi connectivity index (χ2n) is 6.60. The Kier molecular flexibility index (Phi) is 12.7. The fourth-order valence-electron chi connectivity index (χ4n) is 2.64.